The smallest absolute Gasteiger partial charge is 0.351 e. The van der Waals surface area contributed by atoms with E-state index < -0.39 is 11.7 Å². The third-order valence-electron chi connectivity index (χ3n) is 2.99. The Morgan fingerprint density at radius 1 is 1.52 bits per heavy atom. The average molecular weight is 304 g/mol. The van der Waals surface area contributed by atoms with Crippen molar-refractivity contribution >= 4 is 23.4 Å². The summed E-state index contributed by atoms with van der Waals surface area (Å²) in [5.74, 6) is -0.303. The van der Waals surface area contributed by atoms with Gasteiger partial charge < -0.3 is 14.7 Å². The normalized spacial score (nSPS) is 23.6. The monoisotopic (exact) mass is 304 g/mol. The number of anilines is 1. The highest BCUT2D eigenvalue weighted by Crippen LogP contribution is 2.43. The minimum Gasteiger partial charge on any atom is -0.462 e. The van der Waals surface area contributed by atoms with Crippen LogP contribution in [0.3, 0.4) is 0 Å². The number of esters is 1. The molecule has 1 aromatic carbocycles. The van der Waals surface area contributed by atoms with E-state index >= 15 is 0 Å². The van der Waals surface area contributed by atoms with E-state index in [-0.39, 0.29) is 12.2 Å². The first-order valence-corrected chi connectivity index (χ1v) is 7.51. The Bertz CT molecular complexity index is 605. The molecule has 0 radical (unpaired) electrons. The molecule has 1 aliphatic rings. The van der Waals surface area contributed by atoms with Gasteiger partial charge in [-0.25, -0.2) is 4.79 Å². The van der Waals surface area contributed by atoms with Crippen LogP contribution in [-0.4, -0.2) is 29.2 Å². The Morgan fingerprint density at radius 2 is 2.19 bits per heavy atom. The number of thioether (sulfide) groups is 1. The Balaban J connectivity index is 2.52. The number of carbonyl (C=O) groups is 1. The lowest BCUT2D eigenvalue weighted by Gasteiger charge is -2.31. The van der Waals surface area contributed by atoms with Crippen LogP contribution in [0.25, 0.3) is 0 Å². The third kappa shape index (κ3) is 3.04. The van der Waals surface area contributed by atoms with Gasteiger partial charge in [0.1, 0.15) is 16.8 Å². The highest BCUT2D eigenvalue weighted by molar-refractivity contribution is 8.03. The quantitative estimate of drug-likeness (QED) is 0.524. The maximum atomic E-state index is 11.9. The van der Waals surface area contributed by atoms with Crippen LogP contribution < -0.4 is 4.90 Å². The molecule has 2 rings (SSSR count). The molecule has 5 nitrogen and oxygen atoms in total. The van der Waals surface area contributed by atoms with E-state index in [9.17, 15) is 15.2 Å². The van der Waals surface area contributed by atoms with Gasteiger partial charge in [0.15, 0.2) is 5.57 Å². The van der Waals surface area contributed by atoms with Crippen molar-refractivity contribution < 1.29 is 14.6 Å². The summed E-state index contributed by atoms with van der Waals surface area (Å²) in [4.78, 5) is 13.5. The third-order valence-corrected chi connectivity index (χ3v) is 4.34. The van der Waals surface area contributed by atoms with Gasteiger partial charge in [-0.15, -0.1) is 11.8 Å². The fraction of sp³-hybridized carbons (Fsp3) is 0.333. The maximum Gasteiger partial charge on any atom is 0.351 e. The number of hydrogen-bond acceptors (Lipinski definition) is 6. The van der Waals surface area contributed by atoms with Crippen molar-refractivity contribution in [3.8, 4) is 6.07 Å². The second-order valence-corrected chi connectivity index (χ2v) is 5.65. The molecule has 0 aliphatic carbocycles. The second-order valence-electron chi connectivity index (χ2n) is 4.69. The lowest BCUT2D eigenvalue weighted by molar-refractivity contribution is -0.138. The highest BCUT2D eigenvalue weighted by Gasteiger charge is 2.42. The lowest BCUT2D eigenvalue weighted by atomic mass is 10.2. The SMILES string of the molecule is CCOC(=O)/C(C#N)=C1/SCC(C)(O)N1c1ccccc1. The van der Waals surface area contributed by atoms with Gasteiger partial charge >= 0.3 is 5.97 Å². The van der Waals surface area contributed by atoms with Crippen molar-refractivity contribution in [3.63, 3.8) is 0 Å². The first-order chi connectivity index (χ1) is 10.0. The van der Waals surface area contributed by atoms with Crippen LogP contribution in [0.1, 0.15) is 13.8 Å². The van der Waals surface area contributed by atoms with Gasteiger partial charge in [0.05, 0.1) is 6.61 Å². The zero-order valence-electron chi connectivity index (χ0n) is 11.9. The Hall–Kier alpha value is -1.97. The van der Waals surface area contributed by atoms with Crippen molar-refractivity contribution in [2.75, 3.05) is 17.3 Å². The molecule has 1 aromatic rings. The first kappa shape index (κ1) is 15.4. The molecule has 0 saturated carbocycles. The molecular weight excluding hydrogens is 288 g/mol. The van der Waals surface area contributed by atoms with Gasteiger partial charge in [0.25, 0.3) is 0 Å². The van der Waals surface area contributed by atoms with Gasteiger partial charge in [-0.1, -0.05) is 18.2 Å². The van der Waals surface area contributed by atoms with Gasteiger partial charge in [-0.05, 0) is 26.0 Å². The van der Waals surface area contributed by atoms with Crippen LogP contribution in [0, 0.1) is 11.3 Å². The van der Waals surface area contributed by atoms with E-state index in [1.807, 2.05) is 36.4 Å². The van der Waals surface area contributed by atoms with Crippen molar-refractivity contribution in [2.24, 2.45) is 0 Å². The summed E-state index contributed by atoms with van der Waals surface area (Å²) in [5.41, 5.74) is -0.529. The predicted octanol–water partition coefficient (Wildman–Crippen LogP) is 2.25. The molecule has 1 aliphatic heterocycles. The Labute approximate surface area is 127 Å². The zero-order valence-corrected chi connectivity index (χ0v) is 12.7. The average Bonchev–Trinajstić information content (AvgIpc) is 2.76. The summed E-state index contributed by atoms with van der Waals surface area (Å²) in [6.45, 7) is 3.54. The number of hydrogen-bond donors (Lipinski definition) is 1. The summed E-state index contributed by atoms with van der Waals surface area (Å²) in [6, 6.07) is 11.1. The number of rotatable bonds is 3. The minimum atomic E-state index is -1.17. The molecule has 1 unspecified atom stereocenters. The molecule has 1 saturated heterocycles. The maximum absolute atomic E-state index is 11.9. The van der Waals surface area contributed by atoms with Crippen LogP contribution in [0.2, 0.25) is 0 Å². The van der Waals surface area contributed by atoms with E-state index in [1.54, 1.807) is 18.7 Å². The molecule has 0 bridgehead atoms. The molecular formula is C15H16N2O3S. The standard InChI is InChI=1S/C15H16N2O3S/c1-3-20-14(18)12(9-16)13-17(15(2,19)10-21-13)11-7-5-4-6-8-11/h4-8,19H,3,10H2,1-2H3/b13-12+. The van der Waals surface area contributed by atoms with Crippen molar-refractivity contribution in [1.82, 2.24) is 0 Å². The van der Waals surface area contributed by atoms with Gasteiger partial charge in [-0.2, -0.15) is 5.26 Å². The summed E-state index contributed by atoms with van der Waals surface area (Å²) in [5, 5.41) is 20.3. The molecule has 110 valence electrons. The minimum absolute atomic E-state index is 0.0801. The molecule has 1 fully saturated rings. The van der Waals surface area contributed by atoms with Crippen LogP contribution >= 0.6 is 11.8 Å². The van der Waals surface area contributed by atoms with E-state index in [1.165, 1.54) is 11.8 Å². The number of aliphatic hydroxyl groups is 1. The number of carbonyl (C=O) groups excluding carboxylic acids is 1. The summed E-state index contributed by atoms with van der Waals surface area (Å²) in [7, 11) is 0. The second kappa shape index (κ2) is 6.20. The molecule has 0 spiro atoms. The summed E-state index contributed by atoms with van der Waals surface area (Å²) >= 11 is 1.27. The van der Waals surface area contributed by atoms with Crippen molar-refractivity contribution in [1.29, 1.82) is 5.26 Å². The Kier molecular flexibility index (Phi) is 4.56. The van der Waals surface area contributed by atoms with Gasteiger partial charge in [-0.3, -0.25) is 0 Å². The first-order valence-electron chi connectivity index (χ1n) is 6.53. The van der Waals surface area contributed by atoms with Crippen LogP contribution in [0.4, 0.5) is 5.69 Å². The van der Waals surface area contributed by atoms with E-state index in [4.69, 9.17) is 4.74 Å². The molecule has 1 atom stereocenters. The fourth-order valence-corrected chi connectivity index (χ4v) is 3.34. The zero-order chi connectivity index (χ0) is 15.5. The molecule has 1 N–H and O–H groups in total. The van der Waals surface area contributed by atoms with Crippen molar-refractivity contribution in [3.05, 3.63) is 40.9 Å². The van der Waals surface area contributed by atoms with Crippen LogP contribution in [0.5, 0.6) is 0 Å². The van der Waals surface area contributed by atoms with Crippen LogP contribution in [-0.2, 0) is 9.53 Å². The van der Waals surface area contributed by atoms with Crippen LogP contribution in [0.15, 0.2) is 40.9 Å². The molecule has 21 heavy (non-hydrogen) atoms. The number of ether oxygens (including phenoxy) is 1. The summed E-state index contributed by atoms with van der Waals surface area (Å²) in [6.07, 6.45) is 0. The van der Waals surface area contributed by atoms with Gasteiger partial charge in [0.2, 0.25) is 0 Å². The van der Waals surface area contributed by atoms with Crippen molar-refractivity contribution in [2.45, 2.75) is 19.6 Å². The molecule has 0 aromatic heterocycles. The highest BCUT2D eigenvalue weighted by atomic mass is 32.2. The van der Waals surface area contributed by atoms with E-state index in [0.29, 0.717) is 10.8 Å². The summed E-state index contributed by atoms with van der Waals surface area (Å²) < 4.78 is 4.92. The lowest BCUT2D eigenvalue weighted by Crippen LogP contribution is -2.42. The number of benzene rings is 1. The largest absolute Gasteiger partial charge is 0.462 e. The Morgan fingerprint density at radius 3 is 2.76 bits per heavy atom. The topological polar surface area (TPSA) is 73.6 Å². The number of nitrogens with zero attached hydrogens (tertiary/aromatic N) is 2. The molecule has 0 amide bonds. The number of para-hydroxylation sites is 1. The fourth-order valence-electron chi connectivity index (χ4n) is 2.09. The van der Waals surface area contributed by atoms with E-state index in [2.05, 4.69) is 0 Å². The van der Waals surface area contributed by atoms with Gasteiger partial charge in [0, 0.05) is 11.4 Å². The molecule has 1 heterocycles. The predicted molar refractivity (Wildman–Crippen MR) is 81.3 cm³/mol. The molecule has 6 heteroatoms. The number of nitriles is 1. The van der Waals surface area contributed by atoms with E-state index in [0.717, 1.165) is 5.69 Å².